The summed E-state index contributed by atoms with van der Waals surface area (Å²) in [6.45, 7) is 10.4. The zero-order valence-corrected chi connectivity index (χ0v) is 13.5. The summed E-state index contributed by atoms with van der Waals surface area (Å²) in [6.07, 6.45) is 0.293. The minimum atomic E-state index is -0.360. The van der Waals surface area contributed by atoms with Gasteiger partial charge in [-0.1, -0.05) is 27.7 Å². The van der Waals surface area contributed by atoms with Crippen LogP contribution in [0.1, 0.15) is 46.7 Å². The molecule has 1 heterocycles. The van der Waals surface area contributed by atoms with Gasteiger partial charge < -0.3 is 10.4 Å². The quantitative estimate of drug-likeness (QED) is 0.777. The molecule has 21 heavy (non-hydrogen) atoms. The van der Waals surface area contributed by atoms with E-state index >= 15 is 0 Å². The standard InChI is InChI=1S/C15H26N4O2/c1-10(8-11(2)20)9-16-14(21)17-13-7-6-12(18-19-13)15(3,4)5/h6-7,10-11,20H,8-9H2,1-5H3,(H2,16,17,19,21). The summed E-state index contributed by atoms with van der Waals surface area (Å²) >= 11 is 0. The van der Waals surface area contributed by atoms with Crippen molar-refractivity contribution in [2.75, 3.05) is 11.9 Å². The molecule has 118 valence electrons. The van der Waals surface area contributed by atoms with Crippen LogP contribution in [0.2, 0.25) is 0 Å². The van der Waals surface area contributed by atoms with Crippen LogP contribution in [-0.4, -0.2) is 34.0 Å². The number of anilines is 1. The highest BCUT2D eigenvalue weighted by Crippen LogP contribution is 2.19. The molecule has 1 aromatic rings. The molecule has 0 bridgehead atoms. The Kier molecular flexibility index (Phi) is 6.08. The van der Waals surface area contributed by atoms with Gasteiger partial charge in [0.1, 0.15) is 0 Å². The van der Waals surface area contributed by atoms with Gasteiger partial charge >= 0.3 is 6.03 Å². The molecule has 2 atom stereocenters. The first-order valence-corrected chi connectivity index (χ1v) is 7.25. The molecule has 0 spiro atoms. The summed E-state index contributed by atoms with van der Waals surface area (Å²) in [5.74, 6) is 0.633. The Morgan fingerprint density at radius 3 is 2.43 bits per heavy atom. The summed E-state index contributed by atoms with van der Waals surface area (Å²) < 4.78 is 0. The number of aliphatic hydroxyl groups excluding tert-OH is 1. The minimum absolute atomic E-state index is 0.0653. The van der Waals surface area contributed by atoms with Gasteiger partial charge in [0.2, 0.25) is 0 Å². The van der Waals surface area contributed by atoms with E-state index in [-0.39, 0.29) is 23.5 Å². The highest BCUT2D eigenvalue weighted by molar-refractivity contribution is 5.88. The fraction of sp³-hybridized carbons (Fsp3) is 0.667. The molecule has 0 saturated heterocycles. The van der Waals surface area contributed by atoms with Crippen LogP contribution in [0.5, 0.6) is 0 Å². The van der Waals surface area contributed by atoms with Crippen LogP contribution in [0.15, 0.2) is 12.1 Å². The zero-order valence-electron chi connectivity index (χ0n) is 13.5. The maximum Gasteiger partial charge on any atom is 0.320 e. The molecule has 1 aromatic heterocycles. The lowest BCUT2D eigenvalue weighted by atomic mass is 9.92. The van der Waals surface area contributed by atoms with Crippen molar-refractivity contribution in [1.82, 2.24) is 15.5 Å². The number of nitrogens with one attached hydrogen (secondary N) is 2. The molecule has 0 aromatic carbocycles. The van der Waals surface area contributed by atoms with Gasteiger partial charge in [-0.2, -0.15) is 5.10 Å². The van der Waals surface area contributed by atoms with Gasteiger partial charge in [-0.3, -0.25) is 5.32 Å². The minimum Gasteiger partial charge on any atom is -0.393 e. The molecule has 0 fully saturated rings. The smallest absolute Gasteiger partial charge is 0.320 e. The highest BCUT2D eigenvalue weighted by Gasteiger charge is 2.16. The number of aliphatic hydroxyl groups is 1. The lowest BCUT2D eigenvalue weighted by molar-refractivity contribution is 0.163. The first kappa shape index (κ1) is 17.4. The van der Waals surface area contributed by atoms with Crippen molar-refractivity contribution in [2.24, 2.45) is 5.92 Å². The molecular formula is C15H26N4O2. The number of hydrogen-bond donors (Lipinski definition) is 3. The average Bonchev–Trinajstić information content (AvgIpc) is 2.35. The molecule has 0 aliphatic carbocycles. The number of amides is 2. The molecule has 6 nitrogen and oxygen atoms in total. The molecule has 2 amide bonds. The number of hydrogen-bond acceptors (Lipinski definition) is 4. The van der Waals surface area contributed by atoms with Gasteiger partial charge in [-0.05, 0) is 31.4 Å². The van der Waals surface area contributed by atoms with Crippen molar-refractivity contribution in [2.45, 2.75) is 52.6 Å². The van der Waals surface area contributed by atoms with E-state index in [4.69, 9.17) is 0 Å². The summed E-state index contributed by atoms with van der Waals surface area (Å²) in [5, 5.41) is 22.8. The second-order valence-corrected chi connectivity index (χ2v) is 6.58. The highest BCUT2D eigenvalue weighted by atomic mass is 16.3. The Hall–Kier alpha value is -1.69. The van der Waals surface area contributed by atoms with E-state index in [9.17, 15) is 9.90 Å². The Balaban J connectivity index is 2.45. The van der Waals surface area contributed by atoms with Gasteiger partial charge in [-0.15, -0.1) is 5.10 Å². The monoisotopic (exact) mass is 294 g/mol. The second-order valence-electron chi connectivity index (χ2n) is 6.58. The Labute approximate surface area is 126 Å². The molecule has 6 heteroatoms. The largest absolute Gasteiger partial charge is 0.393 e. The third-order valence-electron chi connectivity index (χ3n) is 3.03. The predicted octanol–water partition coefficient (Wildman–Crippen LogP) is 2.30. The summed E-state index contributed by atoms with van der Waals surface area (Å²) in [6, 6.07) is 3.29. The van der Waals surface area contributed by atoms with Crippen molar-refractivity contribution in [3.8, 4) is 0 Å². The number of aromatic nitrogens is 2. The molecule has 0 radical (unpaired) electrons. The van der Waals surface area contributed by atoms with Gasteiger partial charge in [0.15, 0.2) is 5.82 Å². The molecule has 0 aliphatic heterocycles. The SMILES string of the molecule is CC(O)CC(C)CNC(=O)Nc1ccc(C(C)(C)C)nn1. The summed E-state index contributed by atoms with van der Waals surface area (Å²) in [4.78, 5) is 11.7. The van der Waals surface area contributed by atoms with Crippen molar-refractivity contribution in [3.63, 3.8) is 0 Å². The second kappa shape index (κ2) is 7.36. The van der Waals surface area contributed by atoms with Gasteiger partial charge in [0.25, 0.3) is 0 Å². The van der Waals surface area contributed by atoms with Crippen LogP contribution in [0, 0.1) is 5.92 Å². The number of carbonyl (C=O) groups excluding carboxylic acids is 1. The molecule has 0 saturated carbocycles. The lowest BCUT2D eigenvalue weighted by Crippen LogP contribution is -2.33. The molecule has 2 unspecified atom stereocenters. The van der Waals surface area contributed by atoms with E-state index < -0.39 is 0 Å². The van der Waals surface area contributed by atoms with Crippen molar-refractivity contribution in [1.29, 1.82) is 0 Å². The summed E-state index contributed by atoms with van der Waals surface area (Å²) in [7, 11) is 0. The van der Waals surface area contributed by atoms with E-state index in [1.807, 2.05) is 13.0 Å². The van der Waals surface area contributed by atoms with E-state index in [2.05, 4.69) is 41.6 Å². The van der Waals surface area contributed by atoms with E-state index in [1.165, 1.54) is 0 Å². The Morgan fingerprint density at radius 1 is 1.29 bits per heavy atom. The van der Waals surface area contributed by atoms with Gasteiger partial charge in [-0.25, -0.2) is 4.79 Å². The maximum atomic E-state index is 11.7. The van der Waals surface area contributed by atoms with Crippen LogP contribution < -0.4 is 10.6 Å². The number of carbonyl (C=O) groups is 1. The number of urea groups is 1. The summed E-state index contributed by atoms with van der Waals surface area (Å²) in [5.41, 5.74) is 0.809. The van der Waals surface area contributed by atoms with Crippen LogP contribution in [0.4, 0.5) is 10.6 Å². The van der Waals surface area contributed by atoms with Crippen LogP contribution in [0.25, 0.3) is 0 Å². The Morgan fingerprint density at radius 2 is 1.95 bits per heavy atom. The number of rotatable bonds is 5. The molecule has 3 N–H and O–H groups in total. The van der Waals surface area contributed by atoms with E-state index in [1.54, 1.807) is 13.0 Å². The molecule has 1 rings (SSSR count). The fourth-order valence-electron chi connectivity index (χ4n) is 1.89. The predicted molar refractivity (Wildman–Crippen MR) is 83.2 cm³/mol. The van der Waals surface area contributed by atoms with Crippen molar-refractivity contribution in [3.05, 3.63) is 17.8 Å². The maximum absolute atomic E-state index is 11.7. The third kappa shape index (κ3) is 6.53. The van der Waals surface area contributed by atoms with Crippen molar-refractivity contribution < 1.29 is 9.90 Å². The first-order valence-electron chi connectivity index (χ1n) is 7.25. The van der Waals surface area contributed by atoms with E-state index in [0.29, 0.717) is 18.8 Å². The fourth-order valence-corrected chi connectivity index (χ4v) is 1.89. The first-order chi connectivity index (χ1) is 9.68. The topological polar surface area (TPSA) is 87.1 Å². The van der Waals surface area contributed by atoms with E-state index in [0.717, 1.165) is 5.69 Å². The van der Waals surface area contributed by atoms with Crippen LogP contribution in [-0.2, 0) is 5.41 Å². The van der Waals surface area contributed by atoms with Gasteiger partial charge in [0.05, 0.1) is 11.8 Å². The van der Waals surface area contributed by atoms with Crippen LogP contribution >= 0.6 is 0 Å². The third-order valence-corrected chi connectivity index (χ3v) is 3.03. The normalized spacial score (nSPS) is 14.4. The Bertz CT molecular complexity index is 452. The average molecular weight is 294 g/mol. The van der Waals surface area contributed by atoms with Gasteiger partial charge in [0, 0.05) is 12.0 Å². The zero-order chi connectivity index (χ0) is 16.0. The molecular weight excluding hydrogens is 268 g/mol. The molecule has 0 aliphatic rings. The van der Waals surface area contributed by atoms with Crippen LogP contribution in [0.3, 0.4) is 0 Å². The number of nitrogens with zero attached hydrogens (tertiary/aromatic N) is 2. The van der Waals surface area contributed by atoms with Crippen molar-refractivity contribution >= 4 is 11.8 Å². The lowest BCUT2D eigenvalue weighted by Gasteiger charge is -2.17.